The average Bonchev–Trinajstić information content (AvgIpc) is 2.68. The van der Waals surface area contributed by atoms with Gasteiger partial charge in [-0.3, -0.25) is 14.9 Å². The Labute approximate surface area is 89.4 Å². The molecule has 2 atom stereocenters. The minimum atomic E-state index is -0.934. The number of nitrogens with one attached hydrogen (secondary N) is 1. The smallest absolute Gasteiger partial charge is 0.320 e. The fourth-order valence-electron chi connectivity index (χ4n) is 1.73. The van der Waals surface area contributed by atoms with Crippen LogP contribution in [0.4, 0.5) is 0 Å². The number of carboxylic acid groups (broad SMARTS) is 1. The van der Waals surface area contributed by atoms with Crippen molar-refractivity contribution >= 4 is 11.9 Å². The topological polar surface area (TPSA) is 69.6 Å². The van der Waals surface area contributed by atoms with Crippen LogP contribution in [0.3, 0.4) is 0 Å². The average molecular weight is 214 g/mol. The number of nitrogens with zero attached hydrogens (tertiary/aromatic N) is 1. The largest absolute Gasteiger partial charge is 0.480 e. The summed E-state index contributed by atoms with van der Waals surface area (Å²) in [6, 6.07) is -1.11. The van der Waals surface area contributed by atoms with Gasteiger partial charge in [-0.1, -0.05) is 0 Å². The van der Waals surface area contributed by atoms with E-state index in [1.165, 1.54) is 6.92 Å². The van der Waals surface area contributed by atoms with Crippen molar-refractivity contribution in [2.45, 2.75) is 38.8 Å². The van der Waals surface area contributed by atoms with Crippen molar-refractivity contribution in [1.82, 2.24) is 10.2 Å². The number of hydrogen-bond donors (Lipinski definition) is 2. The van der Waals surface area contributed by atoms with E-state index in [1.54, 1.807) is 11.8 Å². The Morgan fingerprint density at radius 1 is 1.20 bits per heavy atom. The fraction of sp³-hybridized carbons (Fsp3) is 0.800. The Hall–Kier alpha value is -1.10. The van der Waals surface area contributed by atoms with Gasteiger partial charge in [-0.2, -0.15) is 0 Å². The molecule has 1 amide bonds. The number of aliphatic carboxylic acids is 1. The molecular formula is C10H18N2O3. The molecule has 5 nitrogen and oxygen atoms in total. The highest BCUT2D eigenvalue weighted by Crippen LogP contribution is 2.09. The first-order valence-electron chi connectivity index (χ1n) is 5.30. The summed E-state index contributed by atoms with van der Waals surface area (Å²) >= 11 is 0. The van der Waals surface area contributed by atoms with Crippen molar-refractivity contribution in [3.05, 3.63) is 0 Å². The van der Waals surface area contributed by atoms with Crippen LogP contribution in [0.1, 0.15) is 26.7 Å². The van der Waals surface area contributed by atoms with E-state index in [1.807, 2.05) is 0 Å². The zero-order valence-electron chi connectivity index (χ0n) is 9.19. The van der Waals surface area contributed by atoms with Crippen LogP contribution >= 0.6 is 0 Å². The van der Waals surface area contributed by atoms with E-state index in [9.17, 15) is 9.59 Å². The van der Waals surface area contributed by atoms with Crippen LogP contribution in [0.25, 0.3) is 0 Å². The number of hydrogen-bond acceptors (Lipinski definition) is 3. The Balaban J connectivity index is 2.41. The Morgan fingerprint density at radius 2 is 1.73 bits per heavy atom. The van der Waals surface area contributed by atoms with Crippen LogP contribution in [-0.4, -0.2) is 47.1 Å². The molecule has 0 aromatic heterocycles. The molecule has 0 aromatic rings. The molecule has 1 heterocycles. The van der Waals surface area contributed by atoms with Gasteiger partial charge in [-0.25, -0.2) is 0 Å². The lowest BCUT2D eigenvalue weighted by Gasteiger charge is -2.22. The number of rotatable bonds is 4. The standard InChI is InChI=1S/C10H18N2O3/c1-7(11-8(2)10(14)15)9(13)12-5-3-4-6-12/h7-8,11H,3-6H2,1-2H3,(H,14,15). The molecule has 86 valence electrons. The van der Waals surface area contributed by atoms with Crippen LogP contribution in [0.2, 0.25) is 0 Å². The van der Waals surface area contributed by atoms with Gasteiger partial charge < -0.3 is 10.0 Å². The van der Waals surface area contributed by atoms with Crippen molar-refractivity contribution in [3.63, 3.8) is 0 Å². The van der Waals surface area contributed by atoms with Gasteiger partial charge in [0.1, 0.15) is 6.04 Å². The summed E-state index contributed by atoms with van der Waals surface area (Å²) < 4.78 is 0. The highest BCUT2D eigenvalue weighted by Gasteiger charge is 2.25. The molecule has 0 aliphatic carbocycles. The molecule has 0 bridgehead atoms. The van der Waals surface area contributed by atoms with Crippen LogP contribution < -0.4 is 5.32 Å². The van der Waals surface area contributed by atoms with Gasteiger partial charge in [0, 0.05) is 13.1 Å². The normalized spacial score (nSPS) is 20.0. The lowest BCUT2D eigenvalue weighted by atomic mass is 10.2. The molecule has 1 aliphatic heterocycles. The van der Waals surface area contributed by atoms with E-state index in [2.05, 4.69) is 5.32 Å². The maximum Gasteiger partial charge on any atom is 0.320 e. The zero-order chi connectivity index (χ0) is 11.4. The summed E-state index contributed by atoms with van der Waals surface area (Å²) in [5.74, 6) is -0.934. The van der Waals surface area contributed by atoms with E-state index >= 15 is 0 Å². The number of carbonyl (C=O) groups is 2. The quantitative estimate of drug-likeness (QED) is 0.694. The first kappa shape index (κ1) is 12.0. The lowest BCUT2D eigenvalue weighted by molar-refractivity contribution is -0.139. The third kappa shape index (κ3) is 3.20. The van der Waals surface area contributed by atoms with E-state index in [0.717, 1.165) is 25.9 Å². The molecule has 2 unspecified atom stereocenters. The molecule has 1 saturated heterocycles. The minimum Gasteiger partial charge on any atom is -0.480 e. The van der Waals surface area contributed by atoms with Gasteiger partial charge in [-0.05, 0) is 26.7 Å². The summed E-state index contributed by atoms with van der Waals surface area (Å²) in [5.41, 5.74) is 0. The SMILES string of the molecule is CC(NC(C)C(=O)N1CCCC1)C(=O)O. The molecule has 15 heavy (non-hydrogen) atoms. The molecule has 0 radical (unpaired) electrons. The third-order valence-corrected chi connectivity index (χ3v) is 2.66. The van der Waals surface area contributed by atoms with Crippen LogP contribution in [0.5, 0.6) is 0 Å². The monoisotopic (exact) mass is 214 g/mol. The molecule has 0 spiro atoms. The van der Waals surface area contributed by atoms with E-state index in [-0.39, 0.29) is 5.91 Å². The van der Waals surface area contributed by atoms with E-state index in [4.69, 9.17) is 5.11 Å². The highest BCUT2D eigenvalue weighted by molar-refractivity contribution is 5.83. The predicted molar refractivity (Wildman–Crippen MR) is 55.5 cm³/mol. The summed E-state index contributed by atoms with van der Waals surface area (Å²) in [6.07, 6.45) is 2.10. The van der Waals surface area contributed by atoms with Gasteiger partial charge in [0.25, 0.3) is 0 Å². The second kappa shape index (κ2) is 5.11. The minimum absolute atomic E-state index is 0.000556. The maximum atomic E-state index is 11.8. The number of likely N-dealkylation sites (tertiary alicyclic amines) is 1. The van der Waals surface area contributed by atoms with E-state index < -0.39 is 18.1 Å². The van der Waals surface area contributed by atoms with Crippen LogP contribution in [0.15, 0.2) is 0 Å². The van der Waals surface area contributed by atoms with Gasteiger partial charge in [0.2, 0.25) is 5.91 Å². The first-order chi connectivity index (χ1) is 7.02. The molecule has 1 aliphatic rings. The number of carboxylic acids is 1. The summed E-state index contributed by atoms with van der Waals surface area (Å²) in [4.78, 5) is 24.1. The third-order valence-electron chi connectivity index (χ3n) is 2.66. The maximum absolute atomic E-state index is 11.8. The number of carbonyl (C=O) groups excluding carboxylic acids is 1. The zero-order valence-corrected chi connectivity index (χ0v) is 9.19. The second-order valence-corrected chi connectivity index (χ2v) is 3.98. The Kier molecular flexibility index (Phi) is 4.08. The molecule has 2 N–H and O–H groups in total. The predicted octanol–water partition coefficient (Wildman–Crippen LogP) is 0.0600. The van der Waals surface area contributed by atoms with Crippen molar-refractivity contribution in [1.29, 1.82) is 0 Å². The first-order valence-corrected chi connectivity index (χ1v) is 5.30. The van der Waals surface area contributed by atoms with Crippen LogP contribution in [-0.2, 0) is 9.59 Å². The molecular weight excluding hydrogens is 196 g/mol. The molecule has 1 fully saturated rings. The summed E-state index contributed by atoms with van der Waals surface area (Å²) in [6.45, 7) is 4.84. The fourth-order valence-corrected chi connectivity index (χ4v) is 1.73. The van der Waals surface area contributed by atoms with Crippen molar-refractivity contribution in [2.24, 2.45) is 0 Å². The van der Waals surface area contributed by atoms with E-state index in [0.29, 0.717) is 0 Å². The van der Waals surface area contributed by atoms with Crippen LogP contribution in [0, 0.1) is 0 Å². The Morgan fingerprint density at radius 3 is 2.20 bits per heavy atom. The second-order valence-electron chi connectivity index (χ2n) is 3.98. The molecule has 0 aromatic carbocycles. The highest BCUT2D eigenvalue weighted by atomic mass is 16.4. The van der Waals surface area contributed by atoms with Gasteiger partial charge in [0.15, 0.2) is 0 Å². The van der Waals surface area contributed by atoms with Gasteiger partial charge >= 0.3 is 5.97 Å². The van der Waals surface area contributed by atoms with Crippen molar-refractivity contribution in [3.8, 4) is 0 Å². The lowest BCUT2D eigenvalue weighted by Crippen LogP contribution is -2.48. The Bertz CT molecular complexity index is 249. The molecule has 5 heteroatoms. The summed E-state index contributed by atoms with van der Waals surface area (Å²) in [5, 5.41) is 11.5. The van der Waals surface area contributed by atoms with Crippen molar-refractivity contribution < 1.29 is 14.7 Å². The molecule has 1 rings (SSSR count). The molecule has 0 saturated carbocycles. The number of amides is 1. The summed E-state index contributed by atoms with van der Waals surface area (Å²) in [7, 11) is 0. The van der Waals surface area contributed by atoms with Gasteiger partial charge in [0.05, 0.1) is 6.04 Å². The van der Waals surface area contributed by atoms with Gasteiger partial charge in [-0.15, -0.1) is 0 Å². The van der Waals surface area contributed by atoms with Crippen molar-refractivity contribution in [2.75, 3.05) is 13.1 Å².